The summed E-state index contributed by atoms with van der Waals surface area (Å²) in [6, 6.07) is 24.2. The third-order valence-electron chi connectivity index (χ3n) is 4.68. The fraction of sp³-hybridized carbons (Fsp3) is 0.125. The Morgan fingerprint density at radius 1 is 0.897 bits per heavy atom. The molecule has 3 aromatic carbocycles. The second-order valence-electron chi connectivity index (χ2n) is 6.64. The van der Waals surface area contributed by atoms with Gasteiger partial charge in [-0.3, -0.25) is 0 Å². The molecule has 1 heterocycles. The van der Waals surface area contributed by atoms with Gasteiger partial charge in [0.25, 0.3) is 0 Å². The number of anilines is 1. The van der Waals surface area contributed by atoms with E-state index in [-0.39, 0.29) is 0 Å². The Labute approximate surface area is 175 Å². The number of nitrogens with zero attached hydrogens (tertiary/aromatic N) is 1. The highest BCUT2D eigenvalue weighted by Gasteiger charge is 2.07. The van der Waals surface area contributed by atoms with Gasteiger partial charge < -0.3 is 14.8 Å². The number of benzene rings is 3. The van der Waals surface area contributed by atoms with Crippen molar-refractivity contribution in [2.24, 2.45) is 0 Å². The third kappa shape index (κ3) is 4.61. The van der Waals surface area contributed by atoms with Crippen LogP contribution in [-0.2, 0) is 13.2 Å². The van der Waals surface area contributed by atoms with E-state index in [1.165, 1.54) is 10.8 Å². The maximum Gasteiger partial charge on any atom is 0.161 e. The molecule has 0 spiro atoms. The highest BCUT2D eigenvalue weighted by Crippen LogP contribution is 2.30. The average molecular weight is 405 g/mol. The second kappa shape index (κ2) is 8.84. The first kappa shape index (κ1) is 19.1. The number of hydrogen-bond donors (Lipinski definition) is 1. The summed E-state index contributed by atoms with van der Waals surface area (Å²) in [5.41, 5.74) is 3.16. The molecular formula is C24H21ClN2O2. The summed E-state index contributed by atoms with van der Waals surface area (Å²) in [5, 5.41) is 6.41. The second-order valence-corrected chi connectivity index (χ2v) is 7.03. The molecule has 4 nitrogen and oxygen atoms in total. The van der Waals surface area contributed by atoms with E-state index in [9.17, 15) is 0 Å². The number of pyridine rings is 1. The zero-order valence-corrected chi connectivity index (χ0v) is 16.8. The Morgan fingerprint density at radius 3 is 2.55 bits per heavy atom. The molecule has 0 unspecified atom stereocenters. The first-order valence-electron chi connectivity index (χ1n) is 9.35. The lowest BCUT2D eigenvalue weighted by Gasteiger charge is -2.14. The molecule has 0 saturated heterocycles. The van der Waals surface area contributed by atoms with Crippen molar-refractivity contribution in [1.29, 1.82) is 0 Å². The topological polar surface area (TPSA) is 43.4 Å². The highest BCUT2D eigenvalue weighted by atomic mass is 35.5. The Hall–Kier alpha value is -3.24. The summed E-state index contributed by atoms with van der Waals surface area (Å²) >= 11 is 5.82. The van der Waals surface area contributed by atoms with Crippen LogP contribution in [0.1, 0.15) is 11.1 Å². The molecule has 0 radical (unpaired) electrons. The van der Waals surface area contributed by atoms with Gasteiger partial charge in [0.1, 0.15) is 11.8 Å². The maximum atomic E-state index is 5.90. The lowest BCUT2D eigenvalue weighted by atomic mass is 10.1. The van der Waals surface area contributed by atoms with Gasteiger partial charge in [-0.05, 0) is 35.2 Å². The molecular weight excluding hydrogens is 384 g/mol. The van der Waals surface area contributed by atoms with Gasteiger partial charge in [-0.2, -0.15) is 0 Å². The van der Waals surface area contributed by atoms with Gasteiger partial charge in [0.2, 0.25) is 0 Å². The summed E-state index contributed by atoms with van der Waals surface area (Å²) in [6.07, 6.45) is 1.71. The average Bonchev–Trinajstić information content (AvgIpc) is 2.77. The largest absolute Gasteiger partial charge is 0.493 e. The Kier molecular flexibility index (Phi) is 5.82. The molecule has 0 aliphatic carbocycles. The van der Waals surface area contributed by atoms with E-state index < -0.39 is 0 Å². The van der Waals surface area contributed by atoms with Crippen molar-refractivity contribution < 1.29 is 9.47 Å². The fourth-order valence-electron chi connectivity index (χ4n) is 3.17. The maximum absolute atomic E-state index is 5.90. The van der Waals surface area contributed by atoms with E-state index in [2.05, 4.69) is 52.8 Å². The van der Waals surface area contributed by atoms with Crippen LogP contribution in [0.3, 0.4) is 0 Å². The minimum absolute atomic E-state index is 0.397. The number of ether oxygens (including phenoxy) is 2. The van der Waals surface area contributed by atoms with Crippen LogP contribution in [0.15, 0.2) is 79.0 Å². The van der Waals surface area contributed by atoms with Crippen LogP contribution >= 0.6 is 11.6 Å². The molecule has 0 aliphatic heterocycles. The van der Waals surface area contributed by atoms with Crippen molar-refractivity contribution in [3.05, 3.63) is 95.3 Å². The van der Waals surface area contributed by atoms with Gasteiger partial charge in [0.15, 0.2) is 11.5 Å². The normalized spacial score (nSPS) is 10.7. The first-order chi connectivity index (χ1) is 14.2. The van der Waals surface area contributed by atoms with Gasteiger partial charge >= 0.3 is 0 Å². The monoisotopic (exact) mass is 404 g/mol. The van der Waals surface area contributed by atoms with Crippen molar-refractivity contribution in [1.82, 2.24) is 4.98 Å². The van der Waals surface area contributed by atoms with Crippen molar-refractivity contribution >= 4 is 28.1 Å². The molecule has 0 aliphatic rings. The van der Waals surface area contributed by atoms with Crippen LogP contribution in [-0.4, -0.2) is 12.1 Å². The van der Waals surface area contributed by atoms with Crippen LogP contribution in [0, 0.1) is 0 Å². The number of fused-ring (bicyclic) bond motifs is 1. The van der Waals surface area contributed by atoms with Gasteiger partial charge in [-0.15, -0.1) is 0 Å². The van der Waals surface area contributed by atoms with E-state index >= 15 is 0 Å². The molecule has 0 amide bonds. The molecule has 0 fully saturated rings. The molecule has 4 rings (SSSR count). The minimum atomic E-state index is 0.397. The first-order valence-corrected chi connectivity index (χ1v) is 9.72. The number of methoxy groups -OCH3 is 1. The summed E-state index contributed by atoms with van der Waals surface area (Å²) in [7, 11) is 1.65. The van der Waals surface area contributed by atoms with E-state index in [1.54, 1.807) is 19.4 Å². The molecule has 146 valence electrons. The number of hydrogen-bond acceptors (Lipinski definition) is 4. The highest BCUT2D eigenvalue weighted by molar-refractivity contribution is 6.29. The molecule has 1 aromatic heterocycles. The van der Waals surface area contributed by atoms with Crippen molar-refractivity contribution in [2.75, 3.05) is 12.4 Å². The number of aromatic nitrogens is 1. The SMILES string of the molecule is COc1cc(CNc2cccc3ccccc23)ccc1OCc1ccc(Cl)nc1. The standard InChI is InChI=1S/C24H21ClN2O2/c1-28-23-13-17(9-11-22(23)29-16-18-10-12-24(25)27-15-18)14-26-21-8-4-6-19-5-2-3-7-20(19)21/h2-13,15,26H,14,16H2,1H3. The van der Waals surface area contributed by atoms with E-state index in [4.69, 9.17) is 21.1 Å². The van der Waals surface area contributed by atoms with Crippen molar-refractivity contribution in [3.63, 3.8) is 0 Å². The molecule has 0 bridgehead atoms. The van der Waals surface area contributed by atoms with E-state index in [0.717, 1.165) is 16.8 Å². The van der Waals surface area contributed by atoms with E-state index in [1.807, 2.05) is 24.3 Å². The fourth-order valence-corrected chi connectivity index (χ4v) is 3.28. The van der Waals surface area contributed by atoms with Crippen LogP contribution in [0.5, 0.6) is 11.5 Å². The molecule has 0 atom stereocenters. The van der Waals surface area contributed by atoms with Gasteiger partial charge in [0, 0.05) is 29.4 Å². The van der Waals surface area contributed by atoms with Crippen molar-refractivity contribution in [2.45, 2.75) is 13.2 Å². The molecule has 4 aromatic rings. The predicted octanol–water partition coefficient (Wildman–Crippen LogP) is 6.09. The number of nitrogens with one attached hydrogen (secondary N) is 1. The van der Waals surface area contributed by atoms with Crippen LogP contribution in [0.2, 0.25) is 5.15 Å². The lowest BCUT2D eigenvalue weighted by molar-refractivity contribution is 0.284. The predicted molar refractivity (Wildman–Crippen MR) is 118 cm³/mol. The van der Waals surface area contributed by atoms with Gasteiger partial charge in [-0.25, -0.2) is 4.98 Å². The van der Waals surface area contributed by atoms with Gasteiger partial charge in [-0.1, -0.05) is 60.1 Å². The van der Waals surface area contributed by atoms with Crippen LogP contribution < -0.4 is 14.8 Å². The van der Waals surface area contributed by atoms with Crippen LogP contribution in [0.25, 0.3) is 10.8 Å². The summed E-state index contributed by atoms with van der Waals surface area (Å²) < 4.78 is 11.4. The smallest absolute Gasteiger partial charge is 0.161 e. The summed E-state index contributed by atoms with van der Waals surface area (Å²) in [5.74, 6) is 1.39. The molecule has 29 heavy (non-hydrogen) atoms. The third-order valence-corrected chi connectivity index (χ3v) is 4.91. The zero-order valence-electron chi connectivity index (χ0n) is 16.1. The summed E-state index contributed by atoms with van der Waals surface area (Å²) in [6.45, 7) is 1.08. The zero-order chi connectivity index (χ0) is 20.1. The summed E-state index contributed by atoms with van der Waals surface area (Å²) in [4.78, 5) is 4.07. The van der Waals surface area contributed by atoms with Crippen molar-refractivity contribution in [3.8, 4) is 11.5 Å². The quantitative estimate of drug-likeness (QED) is 0.378. The Morgan fingerprint density at radius 2 is 1.72 bits per heavy atom. The van der Waals surface area contributed by atoms with Gasteiger partial charge in [0.05, 0.1) is 7.11 Å². The minimum Gasteiger partial charge on any atom is -0.493 e. The van der Waals surface area contributed by atoms with Crippen LogP contribution in [0.4, 0.5) is 5.69 Å². The molecule has 1 N–H and O–H groups in total. The Balaban J connectivity index is 1.45. The molecule has 5 heteroatoms. The number of rotatable bonds is 7. The number of halogens is 1. The van der Waals surface area contributed by atoms with E-state index in [0.29, 0.717) is 29.8 Å². The Bertz CT molecular complexity index is 1110. The lowest BCUT2D eigenvalue weighted by Crippen LogP contribution is -2.02. The molecule has 0 saturated carbocycles.